The molecule has 0 aliphatic heterocycles. The third-order valence-electron chi connectivity index (χ3n) is 4.89. The topological polar surface area (TPSA) is 26.3 Å². The van der Waals surface area contributed by atoms with E-state index in [9.17, 15) is 4.79 Å². The van der Waals surface area contributed by atoms with Crippen molar-refractivity contribution in [2.24, 2.45) is 17.8 Å². The molecule has 0 aromatic heterocycles. The van der Waals surface area contributed by atoms with Crippen LogP contribution in [-0.4, -0.2) is 11.6 Å². The SMILES string of the molecule is CC(=O)OC(C)(C)C=C1C[C@@H]2CC(C3CCC3)=C[C@H]12. The molecule has 0 aromatic carbocycles. The lowest BCUT2D eigenvalue weighted by molar-refractivity contribution is -0.149. The fraction of sp³-hybridized carbons (Fsp3) is 0.706. The highest BCUT2D eigenvalue weighted by atomic mass is 16.6. The van der Waals surface area contributed by atoms with Gasteiger partial charge in [-0.3, -0.25) is 4.79 Å². The lowest BCUT2D eigenvalue weighted by atomic mass is 9.69. The fourth-order valence-corrected chi connectivity index (χ4v) is 3.84. The van der Waals surface area contributed by atoms with Gasteiger partial charge in [0.25, 0.3) is 0 Å². The van der Waals surface area contributed by atoms with E-state index >= 15 is 0 Å². The van der Waals surface area contributed by atoms with Gasteiger partial charge in [0.15, 0.2) is 0 Å². The van der Waals surface area contributed by atoms with Crippen LogP contribution >= 0.6 is 0 Å². The van der Waals surface area contributed by atoms with E-state index in [1.54, 1.807) is 5.57 Å². The maximum atomic E-state index is 11.1. The highest BCUT2D eigenvalue weighted by Crippen LogP contribution is 2.53. The lowest BCUT2D eigenvalue weighted by Crippen LogP contribution is -2.30. The second-order valence-corrected chi connectivity index (χ2v) is 6.98. The number of hydrogen-bond donors (Lipinski definition) is 0. The molecule has 0 amide bonds. The summed E-state index contributed by atoms with van der Waals surface area (Å²) in [5.41, 5.74) is 2.74. The van der Waals surface area contributed by atoms with Gasteiger partial charge >= 0.3 is 5.97 Å². The molecule has 0 heterocycles. The minimum atomic E-state index is -0.459. The summed E-state index contributed by atoms with van der Waals surface area (Å²) in [4.78, 5) is 11.1. The Bertz CT molecular complexity index is 452. The van der Waals surface area contributed by atoms with Crippen molar-refractivity contribution in [3.05, 3.63) is 23.3 Å². The van der Waals surface area contributed by atoms with Gasteiger partial charge in [0.2, 0.25) is 0 Å². The molecule has 0 bridgehead atoms. The van der Waals surface area contributed by atoms with Gasteiger partial charge < -0.3 is 4.74 Å². The standard InChI is InChI=1S/C17H24O2/c1-11(18)19-17(2,3)10-15-8-14-7-13(9-16(14)15)12-5-4-6-12/h9-10,12,14,16H,4-8H2,1-3H3/t14-,16-/m0/s1. The average molecular weight is 260 g/mol. The summed E-state index contributed by atoms with van der Waals surface area (Å²) in [6.45, 7) is 5.43. The number of carbonyl (C=O) groups excluding carboxylic acids is 1. The first kappa shape index (κ1) is 13.0. The van der Waals surface area contributed by atoms with Crippen molar-refractivity contribution in [1.29, 1.82) is 0 Å². The van der Waals surface area contributed by atoms with Crippen LogP contribution in [0.5, 0.6) is 0 Å². The van der Waals surface area contributed by atoms with E-state index in [4.69, 9.17) is 4.74 Å². The van der Waals surface area contributed by atoms with Crippen molar-refractivity contribution in [3.8, 4) is 0 Å². The summed E-state index contributed by atoms with van der Waals surface area (Å²) in [6.07, 6.45) is 11.4. The Hall–Kier alpha value is -1.05. The summed E-state index contributed by atoms with van der Waals surface area (Å²) < 4.78 is 5.36. The molecule has 0 spiro atoms. The highest BCUT2D eigenvalue weighted by Gasteiger charge is 2.42. The lowest BCUT2D eigenvalue weighted by Gasteiger charge is -2.36. The summed E-state index contributed by atoms with van der Waals surface area (Å²) >= 11 is 0. The molecule has 104 valence electrons. The van der Waals surface area contributed by atoms with E-state index in [1.807, 2.05) is 13.8 Å². The van der Waals surface area contributed by atoms with E-state index in [0.29, 0.717) is 5.92 Å². The first-order valence-corrected chi connectivity index (χ1v) is 7.56. The molecule has 2 atom stereocenters. The second kappa shape index (κ2) is 4.50. The minimum Gasteiger partial charge on any atom is -0.456 e. The number of esters is 1. The molecule has 0 unspecified atom stereocenters. The van der Waals surface area contributed by atoms with E-state index in [-0.39, 0.29) is 5.97 Å². The maximum Gasteiger partial charge on any atom is 0.303 e. The van der Waals surface area contributed by atoms with Gasteiger partial charge in [-0.25, -0.2) is 0 Å². The average Bonchev–Trinajstić information content (AvgIpc) is 2.49. The molecule has 2 fully saturated rings. The molecule has 3 aliphatic rings. The predicted octanol–water partition coefficient (Wildman–Crippen LogP) is 4.02. The quantitative estimate of drug-likeness (QED) is 0.566. The second-order valence-electron chi connectivity index (χ2n) is 6.98. The molecule has 3 rings (SSSR count). The third-order valence-corrected chi connectivity index (χ3v) is 4.89. The normalized spacial score (nSPS) is 32.4. The molecule has 2 saturated carbocycles. The Balaban J connectivity index is 1.68. The Labute approximate surface area is 115 Å². The van der Waals surface area contributed by atoms with Crippen molar-refractivity contribution in [2.45, 2.75) is 58.5 Å². The van der Waals surface area contributed by atoms with Gasteiger partial charge in [0, 0.05) is 12.8 Å². The van der Waals surface area contributed by atoms with Crippen molar-refractivity contribution < 1.29 is 9.53 Å². The molecule has 0 saturated heterocycles. The van der Waals surface area contributed by atoms with Crippen LogP contribution in [0.3, 0.4) is 0 Å². The third kappa shape index (κ3) is 2.50. The van der Waals surface area contributed by atoms with Crippen molar-refractivity contribution in [3.63, 3.8) is 0 Å². The molecule has 0 radical (unpaired) electrons. The summed E-state index contributed by atoms with van der Waals surface area (Å²) in [5.74, 6) is 2.18. The number of rotatable bonds is 3. The van der Waals surface area contributed by atoms with E-state index in [1.165, 1.54) is 44.6 Å². The van der Waals surface area contributed by atoms with Crippen LogP contribution in [0.25, 0.3) is 0 Å². The van der Waals surface area contributed by atoms with E-state index in [2.05, 4.69) is 12.2 Å². The Kier molecular flexibility index (Phi) is 3.07. The molecule has 0 aromatic rings. The zero-order chi connectivity index (χ0) is 13.6. The molecule has 2 nitrogen and oxygen atoms in total. The van der Waals surface area contributed by atoms with Gasteiger partial charge in [0.05, 0.1) is 0 Å². The molecular formula is C17H24O2. The highest BCUT2D eigenvalue weighted by molar-refractivity contribution is 5.66. The Morgan fingerprint density at radius 3 is 2.68 bits per heavy atom. The van der Waals surface area contributed by atoms with E-state index < -0.39 is 5.60 Å². The van der Waals surface area contributed by atoms with Gasteiger partial charge in [-0.2, -0.15) is 0 Å². The minimum absolute atomic E-state index is 0.199. The summed E-state index contributed by atoms with van der Waals surface area (Å²) in [7, 11) is 0. The van der Waals surface area contributed by atoms with Gasteiger partial charge in [0.1, 0.15) is 5.60 Å². The fourth-order valence-electron chi connectivity index (χ4n) is 3.84. The number of ether oxygens (including phenoxy) is 1. The van der Waals surface area contributed by atoms with Crippen molar-refractivity contribution >= 4 is 5.97 Å². The van der Waals surface area contributed by atoms with Crippen LogP contribution in [0, 0.1) is 17.8 Å². The summed E-state index contributed by atoms with van der Waals surface area (Å²) in [5, 5.41) is 0. The number of carbonyl (C=O) groups is 1. The van der Waals surface area contributed by atoms with Crippen LogP contribution in [-0.2, 0) is 9.53 Å². The monoisotopic (exact) mass is 260 g/mol. The predicted molar refractivity (Wildman–Crippen MR) is 75.6 cm³/mol. The number of hydrogen-bond acceptors (Lipinski definition) is 2. The smallest absolute Gasteiger partial charge is 0.303 e. The summed E-state index contributed by atoms with van der Waals surface area (Å²) in [6, 6.07) is 0. The maximum absolute atomic E-state index is 11.1. The number of allylic oxidation sites excluding steroid dienone is 3. The van der Waals surface area contributed by atoms with Crippen LogP contribution in [0.15, 0.2) is 23.3 Å². The van der Waals surface area contributed by atoms with Gasteiger partial charge in [-0.1, -0.05) is 23.6 Å². The molecular weight excluding hydrogens is 236 g/mol. The van der Waals surface area contributed by atoms with Crippen LogP contribution in [0.2, 0.25) is 0 Å². The molecule has 0 N–H and O–H groups in total. The van der Waals surface area contributed by atoms with E-state index in [0.717, 1.165) is 11.8 Å². The number of fused-ring (bicyclic) bond motifs is 1. The first-order valence-electron chi connectivity index (χ1n) is 7.56. The zero-order valence-electron chi connectivity index (χ0n) is 12.2. The Morgan fingerprint density at radius 2 is 2.11 bits per heavy atom. The van der Waals surface area contributed by atoms with Gasteiger partial charge in [-0.15, -0.1) is 0 Å². The molecule has 19 heavy (non-hydrogen) atoms. The largest absolute Gasteiger partial charge is 0.456 e. The first-order chi connectivity index (χ1) is 8.94. The van der Waals surface area contributed by atoms with Crippen molar-refractivity contribution in [1.82, 2.24) is 0 Å². The van der Waals surface area contributed by atoms with Crippen LogP contribution < -0.4 is 0 Å². The zero-order valence-corrected chi connectivity index (χ0v) is 12.2. The van der Waals surface area contributed by atoms with Crippen LogP contribution in [0.4, 0.5) is 0 Å². The molecule has 2 heteroatoms. The van der Waals surface area contributed by atoms with Gasteiger partial charge in [-0.05, 0) is 57.4 Å². The van der Waals surface area contributed by atoms with Crippen molar-refractivity contribution in [2.75, 3.05) is 0 Å². The Morgan fingerprint density at radius 1 is 1.37 bits per heavy atom. The molecule has 3 aliphatic carbocycles. The van der Waals surface area contributed by atoms with Crippen LogP contribution in [0.1, 0.15) is 52.9 Å².